The third-order valence-corrected chi connectivity index (χ3v) is 7.00. The molecule has 0 aliphatic carbocycles. The molecule has 0 saturated carbocycles. The number of nitrogens with one attached hydrogen (secondary N) is 1. The van der Waals surface area contributed by atoms with Gasteiger partial charge in [-0.1, -0.05) is 35.9 Å². The van der Waals surface area contributed by atoms with Gasteiger partial charge in [0.15, 0.2) is 0 Å². The molecule has 172 valence electrons. The number of pyridine rings is 1. The highest BCUT2D eigenvalue weighted by Crippen LogP contribution is 2.39. The van der Waals surface area contributed by atoms with E-state index in [0.717, 1.165) is 15.9 Å². The van der Waals surface area contributed by atoms with Crippen LogP contribution in [0.15, 0.2) is 70.0 Å². The predicted octanol–water partition coefficient (Wildman–Crippen LogP) is 5.58. The van der Waals surface area contributed by atoms with Crippen LogP contribution < -0.4 is 10.2 Å². The normalized spacial score (nSPS) is 15.4. The maximum Gasteiger partial charge on any atom is 0.270 e. The minimum Gasteiger partial charge on any atom is -0.459 e. The lowest BCUT2D eigenvalue weighted by molar-refractivity contribution is -0.118. The molecule has 2 amide bonds. The summed E-state index contributed by atoms with van der Waals surface area (Å²) in [5.41, 5.74) is 1.08. The number of carbonyl (C=O) groups is 2. The van der Waals surface area contributed by atoms with Gasteiger partial charge in [0.2, 0.25) is 5.91 Å². The number of benzene rings is 2. The van der Waals surface area contributed by atoms with Gasteiger partial charge in [0, 0.05) is 16.0 Å². The molecular formula is C25H19ClFN3O3S. The molecule has 5 rings (SSSR count). The zero-order valence-corrected chi connectivity index (χ0v) is 19.6. The largest absolute Gasteiger partial charge is 0.459 e. The van der Waals surface area contributed by atoms with E-state index in [1.807, 2.05) is 30.3 Å². The van der Waals surface area contributed by atoms with Crippen LogP contribution in [0.3, 0.4) is 0 Å². The number of furan rings is 1. The molecule has 0 radical (unpaired) electrons. The van der Waals surface area contributed by atoms with Crippen molar-refractivity contribution < 1.29 is 18.4 Å². The Morgan fingerprint density at radius 3 is 2.82 bits per heavy atom. The molecule has 1 aliphatic heterocycles. The average Bonchev–Trinajstić information content (AvgIpc) is 3.25. The van der Waals surface area contributed by atoms with E-state index in [1.165, 1.54) is 28.8 Å². The van der Waals surface area contributed by atoms with Gasteiger partial charge in [-0.2, -0.15) is 0 Å². The van der Waals surface area contributed by atoms with E-state index < -0.39 is 11.7 Å². The minimum absolute atomic E-state index is 0.0840. The lowest BCUT2D eigenvalue weighted by Gasteiger charge is -2.31. The van der Waals surface area contributed by atoms with Crippen molar-refractivity contribution in [3.8, 4) is 0 Å². The molecule has 0 bridgehead atoms. The van der Waals surface area contributed by atoms with Gasteiger partial charge in [-0.05, 0) is 43.3 Å². The summed E-state index contributed by atoms with van der Waals surface area (Å²) < 4.78 is 20.2. The van der Waals surface area contributed by atoms with E-state index >= 15 is 0 Å². The molecule has 2 aromatic carbocycles. The molecule has 0 fully saturated rings. The van der Waals surface area contributed by atoms with Gasteiger partial charge in [0.25, 0.3) is 5.91 Å². The minimum atomic E-state index is -0.507. The van der Waals surface area contributed by atoms with Gasteiger partial charge in [-0.15, -0.1) is 11.8 Å². The first kappa shape index (κ1) is 22.4. The number of para-hydroxylation sites is 1. The first-order valence-corrected chi connectivity index (χ1v) is 11.8. The van der Waals surface area contributed by atoms with Crippen LogP contribution in [0.4, 0.5) is 10.2 Å². The van der Waals surface area contributed by atoms with E-state index in [2.05, 4.69) is 10.3 Å². The van der Waals surface area contributed by atoms with Gasteiger partial charge < -0.3 is 9.73 Å². The Morgan fingerprint density at radius 1 is 1.21 bits per heavy atom. The van der Waals surface area contributed by atoms with Gasteiger partial charge in [-0.25, -0.2) is 9.37 Å². The number of nitrogens with zero attached hydrogens (tertiary/aromatic N) is 2. The fraction of sp³-hybridized carbons (Fsp3) is 0.160. The Labute approximate surface area is 204 Å². The van der Waals surface area contributed by atoms with Gasteiger partial charge in [-0.3, -0.25) is 14.5 Å². The van der Waals surface area contributed by atoms with Crippen LogP contribution in [0.1, 0.15) is 28.7 Å². The zero-order valence-electron chi connectivity index (χ0n) is 18.0. The fourth-order valence-corrected chi connectivity index (χ4v) is 5.03. The second kappa shape index (κ2) is 9.12. The Bertz CT molecular complexity index is 1370. The highest BCUT2D eigenvalue weighted by atomic mass is 35.5. The van der Waals surface area contributed by atoms with Crippen molar-refractivity contribution >= 4 is 52.0 Å². The number of halogens is 2. The number of thioether (sulfide) groups is 1. The number of carbonyl (C=O) groups excluding carboxylic acids is 2. The van der Waals surface area contributed by atoms with E-state index in [0.29, 0.717) is 11.6 Å². The summed E-state index contributed by atoms with van der Waals surface area (Å²) in [5, 5.41) is 3.59. The molecule has 3 heterocycles. The fourth-order valence-electron chi connectivity index (χ4n) is 3.79. The summed E-state index contributed by atoms with van der Waals surface area (Å²) >= 11 is 7.54. The van der Waals surface area contributed by atoms with Gasteiger partial charge >= 0.3 is 0 Å². The molecule has 4 aromatic rings. The van der Waals surface area contributed by atoms with Crippen molar-refractivity contribution in [3.63, 3.8) is 0 Å². The van der Waals surface area contributed by atoms with Crippen molar-refractivity contribution in [2.24, 2.45) is 0 Å². The number of rotatable bonds is 5. The highest BCUT2D eigenvalue weighted by Gasteiger charge is 2.33. The molecule has 1 N–H and O–H groups in total. The van der Waals surface area contributed by atoms with Crippen LogP contribution in [0.5, 0.6) is 0 Å². The quantitative estimate of drug-likeness (QED) is 0.391. The maximum absolute atomic E-state index is 14.4. The topological polar surface area (TPSA) is 75.4 Å². The van der Waals surface area contributed by atoms with E-state index in [1.54, 1.807) is 25.1 Å². The van der Waals surface area contributed by atoms with Crippen molar-refractivity contribution in [2.45, 2.75) is 30.2 Å². The number of amides is 2. The molecule has 0 saturated heterocycles. The highest BCUT2D eigenvalue weighted by molar-refractivity contribution is 8.00. The smallest absolute Gasteiger partial charge is 0.270 e. The summed E-state index contributed by atoms with van der Waals surface area (Å²) in [6, 6.07) is 17.2. The van der Waals surface area contributed by atoms with Crippen molar-refractivity contribution in [1.29, 1.82) is 0 Å². The number of hydrogen-bond acceptors (Lipinski definition) is 5. The summed E-state index contributed by atoms with van der Waals surface area (Å²) in [6.45, 7) is 1.88. The third kappa shape index (κ3) is 4.26. The Morgan fingerprint density at radius 2 is 2.03 bits per heavy atom. The van der Waals surface area contributed by atoms with E-state index in [-0.39, 0.29) is 40.5 Å². The Hall–Kier alpha value is -3.36. The van der Waals surface area contributed by atoms with Gasteiger partial charge in [0.05, 0.1) is 23.2 Å². The van der Waals surface area contributed by atoms with Gasteiger partial charge in [0.1, 0.15) is 28.7 Å². The number of fused-ring (bicyclic) bond motifs is 2. The van der Waals surface area contributed by atoms with E-state index in [4.69, 9.17) is 16.0 Å². The number of anilines is 1. The van der Waals surface area contributed by atoms with Crippen LogP contribution in [0.2, 0.25) is 5.02 Å². The number of hydrogen-bond donors (Lipinski definition) is 1. The lowest BCUT2D eigenvalue weighted by Crippen LogP contribution is -2.40. The summed E-state index contributed by atoms with van der Waals surface area (Å²) in [5.74, 6) is -0.230. The van der Waals surface area contributed by atoms with Crippen molar-refractivity contribution in [3.05, 3.63) is 88.5 Å². The Balaban J connectivity index is 1.40. The van der Waals surface area contributed by atoms with Crippen LogP contribution in [-0.2, 0) is 17.9 Å². The second-order valence-corrected chi connectivity index (χ2v) is 9.63. The standard InChI is InChI=1S/C25H19ClFN3O3S/c1-14-25(32)30(13-17-18(26)6-4-7-19(17)27)23-22(34-14)10-9-20(29-23)24(31)28-12-16-11-15-5-2-3-8-21(15)33-16/h2-11,14H,12-13H2,1H3,(H,28,31). The Kier molecular flexibility index (Phi) is 6.02. The molecule has 9 heteroatoms. The maximum atomic E-state index is 14.4. The molecule has 2 aromatic heterocycles. The first-order chi connectivity index (χ1) is 16.4. The van der Waals surface area contributed by atoms with Crippen LogP contribution >= 0.6 is 23.4 Å². The molecule has 34 heavy (non-hydrogen) atoms. The predicted molar refractivity (Wildman–Crippen MR) is 130 cm³/mol. The summed E-state index contributed by atoms with van der Waals surface area (Å²) in [6.07, 6.45) is 0. The third-order valence-electron chi connectivity index (χ3n) is 5.52. The molecule has 6 nitrogen and oxygen atoms in total. The average molecular weight is 496 g/mol. The molecule has 1 unspecified atom stereocenters. The second-order valence-electron chi connectivity index (χ2n) is 7.84. The molecule has 1 aliphatic rings. The van der Waals surface area contributed by atoms with Crippen molar-refractivity contribution in [2.75, 3.05) is 4.90 Å². The van der Waals surface area contributed by atoms with Crippen LogP contribution in [0, 0.1) is 5.82 Å². The molecular weight excluding hydrogens is 477 g/mol. The van der Waals surface area contributed by atoms with Crippen molar-refractivity contribution in [1.82, 2.24) is 10.3 Å². The summed E-state index contributed by atoms with van der Waals surface area (Å²) in [4.78, 5) is 32.4. The monoisotopic (exact) mass is 495 g/mol. The zero-order chi connectivity index (χ0) is 23.8. The van der Waals surface area contributed by atoms with Crippen LogP contribution in [0.25, 0.3) is 11.0 Å². The van der Waals surface area contributed by atoms with Crippen LogP contribution in [-0.4, -0.2) is 22.0 Å². The lowest BCUT2D eigenvalue weighted by atomic mass is 10.1. The SMILES string of the molecule is CC1Sc2ccc(C(=O)NCc3cc4ccccc4o3)nc2N(Cc2c(F)cccc2Cl)C1=O. The first-order valence-electron chi connectivity index (χ1n) is 10.6. The number of aromatic nitrogens is 1. The molecule has 0 spiro atoms. The summed E-state index contributed by atoms with van der Waals surface area (Å²) in [7, 11) is 0. The molecule has 1 atom stereocenters. The van der Waals surface area contributed by atoms with E-state index in [9.17, 15) is 14.0 Å².